The molecule has 1 saturated heterocycles. The number of likely N-dealkylation sites (tertiary alicyclic amines) is 1. The molecule has 3 aromatic rings. The van der Waals surface area contributed by atoms with Gasteiger partial charge in [-0.3, -0.25) is 10.00 Å². The average molecular weight is 361 g/mol. The maximum absolute atomic E-state index is 11.4. The van der Waals surface area contributed by atoms with Gasteiger partial charge in [0.2, 0.25) is 0 Å². The quantitative estimate of drug-likeness (QED) is 0.719. The van der Waals surface area contributed by atoms with Crippen molar-refractivity contribution < 1.29 is 9.90 Å². The minimum absolute atomic E-state index is 0.336. The number of carboxylic acids is 1. The van der Waals surface area contributed by atoms with Crippen molar-refractivity contribution >= 4 is 5.97 Å². The van der Waals surface area contributed by atoms with Gasteiger partial charge >= 0.3 is 5.97 Å². The average Bonchev–Trinajstić information content (AvgIpc) is 3.31. The van der Waals surface area contributed by atoms with Gasteiger partial charge in [0.25, 0.3) is 0 Å². The number of H-pyrrole nitrogens is 1. The lowest BCUT2D eigenvalue weighted by atomic mass is 9.98. The van der Waals surface area contributed by atoms with E-state index in [0.717, 1.165) is 37.2 Å². The summed E-state index contributed by atoms with van der Waals surface area (Å²) < 4.78 is 0. The number of nitrogens with one attached hydrogen (secondary N) is 1. The van der Waals surface area contributed by atoms with Crippen LogP contribution in [-0.4, -0.2) is 39.3 Å². The third kappa shape index (κ3) is 3.64. The highest BCUT2D eigenvalue weighted by atomic mass is 16.4. The highest BCUT2D eigenvalue weighted by Crippen LogP contribution is 2.29. The van der Waals surface area contributed by atoms with Crippen LogP contribution in [0.1, 0.15) is 39.5 Å². The lowest BCUT2D eigenvalue weighted by molar-refractivity contribution is 0.0697. The summed E-state index contributed by atoms with van der Waals surface area (Å²) in [5.74, 6) is -0.374. The van der Waals surface area contributed by atoms with Crippen molar-refractivity contribution in [1.82, 2.24) is 15.1 Å². The molecule has 1 fully saturated rings. The molecule has 2 N–H and O–H groups in total. The maximum atomic E-state index is 11.4. The van der Waals surface area contributed by atoms with Crippen LogP contribution in [-0.2, 0) is 6.54 Å². The largest absolute Gasteiger partial charge is 0.478 e. The Balaban J connectivity index is 1.45. The third-order valence-electron chi connectivity index (χ3n) is 5.38. The first-order valence-corrected chi connectivity index (χ1v) is 9.25. The lowest BCUT2D eigenvalue weighted by Crippen LogP contribution is -2.19. The zero-order valence-corrected chi connectivity index (χ0v) is 15.4. The van der Waals surface area contributed by atoms with E-state index in [-0.39, 0.29) is 0 Å². The van der Waals surface area contributed by atoms with E-state index in [9.17, 15) is 9.90 Å². The van der Waals surface area contributed by atoms with Gasteiger partial charge in [0.15, 0.2) is 0 Å². The van der Waals surface area contributed by atoms with E-state index in [0.29, 0.717) is 11.5 Å². The van der Waals surface area contributed by atoms with Crippen molar-refractivity contribution in [2.75, 3.05) is 13.1 Å². The monoisotopic (exact) mass is 361 g/mol. The van der Waals surface area contributed by atoms with E-state index < -0.39 is 5.97 Å². The van der Waals surface area contributed by atoms with Gasteiger partial charge in [-0.15, -0.1) is 0 Å². The number of hydrogen-bond donors (Lipinski definition) is 2. The Morgan fingerprint density at radius 1 is 1.22 bits per heavy atom. The summed E-state index contributed by atoms with van der Waals surface area (Å²) >= 11 is 0. The van der Waals surface area contributed by atoms with E-state index >= 15 is 0 Å². The number of carboxylic acid groups (broad SMARTS) is 1. The fourth-order valence-electron chi connectivity index (χ4n) is 3.95. The minimum atomic E-state index is -0.896. The minimum Gasteiger partial charge on any atom is -0.478 e. The second-order valence-electron chi connectivity index (χ2n) is 7.24. The van der Waals surface area contributed by atoms with Crippen molar-refractivity contribution in [2.45, 2.75) is 25.8 Å². The predicted octanol–water partition coefficient (Wildman–Crippen LogP) is 4.07. The number of carbonyl (C=O) groups is 1. The number of aryl methyl sites for hydroxylation is 1. The van der Waals surface area contributed by atoms with E-state index in [2.05, 4.69) is 34.2 Å². The fraction of sp³-hybridized carbons (Fsp3) is 0.273. The molecule has 0 amide bonds. The van der Waals surface area contributed by atoms with Gasteiger partial charge in [-0.25, -0.2) is 4.79 Å². The van der Waals surface area contributed by atoms with Crippen LogP contribution in [0.15, 0.2) is 54.7 Å². The fourth-order valence-corrected chi connectivity index (χ4v) is 3.95. The summed E-state index contributed by atoms with van der Waals surface area (Å²) in [4.78, 5) is 13.9. The standard InChI is InChI=1S/C22H23N3O2/c1-15-12-23-24-21(15)18-10-11-25(14-18)13-16-6-8-17(9-7-16)19-4-2-3-5-20(19)22(26)27/h2-9,12,18H,10-11,13-14H2,1H3,(H,23,24)(H,26,27)/t18-/m0/s1. The Bertz CT molecular complexity index is 946. The molecule has 0 aliphatic carbocycles. The van der Waals surface area contributed by atoms with Gasteiger partial charge in [0.1, 0.15) is 0 Å². The first kappa shape index (κ1) is 17.5. The van der Waals surface area contributed by atoms with Crippen LogP contribution in [0.3, 0.4) is 0 Å². The molecule has 0 spiro atoms. The number of aromatic nitrogens is 2. The molecular formula is C22H23N3O2. The zero-order chi connectivity index (χ0) is 18.8. The Morgan fingerprint density at radius 2 is 2.00 bits per heavy atom. The molecule has 5 nitrogen and oxygen atoms in total. The Hall–Kier alpha value is -2.92. The number of hydrogen-bond acceptors (Lipinski definition) is 3. The van der Waals surface area contributed by atoms with Crippen molar-refractivity contribution in [3.8, 4) is 11.1 Å². The molecule has 1 atom stereocenters. The molecule has 2 aromatic carbocycles. The zero-order valence-electron chi connectivity index (χ0n) is 15.4. The lowest BCUT2D eigenvalue weighted by Gasteiger charge is -2.16. The topological polar surface area (TPSA) is 69.2 Å². The summed E-state index contributed by atoms with van der Waals surface area (Å²) in [6.07, 6.45) is 3.04. The van der Waals surface area contributed by atoms with E-state index in [4.69, 9.17) is 0 Å². The third-order valence-corrected chi connectivity index (χ3v) is 5.38. The molecule has 2 heterocycles. The molecule has 1 aliphatic rings. The van der Waals surface area contributed by atoms with Crippen LogP contribution in [0.25, 0.3) is 11.1 Å². The van der Waals surface area contributed by atoms with Gasteiger partial charge in [-0.2, -0.15) is 5.10 Å². The highest BCUT2D eigenvalue weighted by Gasteiger charge is 2.26. The SMILES string of the molecule is Cc1cn[nH]c1[C@H]1CCN(Cc2ccc(-c3ccccc3C(=O)O)cc2)C1. The van der Waals surface area contributed by atoms with Gasteiger partial charge in [0, 0.05) is 24.7 Å². The van der Waals surface area contributed by atoms with E-state index in [1.807, 2.05) is 30.5 Å². The van der Waals surface area contributed by atoms with Crippen LogP contribution in [0.2, 0.25) is 0 Å². The second-order valence-corrected chi connectivity index (χ2v) is 7.24. The van der Waals surface area contributed by atoms with Gasteiger partial charge < -0.3 is 5.11 Å². The summed E-state index contributed by atoms with van der Waals surface area (Å²) in [5.41, 5.74) is 5.77. The normalized spacial score (nSPS) is 17.3. The molecule has 138 valence electrons. The molecule has 5 heteroatoms. The molecule has 0 unspecified atom stereocenters. The summed E-state index contributed by atoms with van der Waals surface area (Å²) in [7, 11) is 0. The molecule has 4 rings (SSSR count). The molecule has 0 radical (unpaired) electrons. The molecule has 0 saturated carbocycles. The Labute approximate surface area is 158 Å². The summed E-state index contributed by atoms with van der Waals surface area (Å²) in [6.45, 7) is 5.12. The van der Waals surface area contributed by atoms with Crippen LogP contribution >= 0.6 is 0 Å². The number of benzene rings is 2. The molecule has 0 bridgehead atoms. The Kier molecular flexibility index (Phi) is 4.77. The number of rotatable bonds is 5. The van der Waals surface area contributed by atoms with Crippen molar-refractivity contribution in [1.29, 1.82) is 0 Å². The molecule has 1 aliphatic heterocycles. The summed E-state index contributed by atoms with van der Waals surface area (Å²) in [5, 5.41) is 16.7. The first-order valence-electron chi connectivity index (χ1n) is 9.25. The number of aromatic carboxylic acids is 1. The van der Waals surface area contributed by atoms with Gasteiger partial charge in [0.05, 0.1) is 11.8 Å². The van der Waals surface area contributed by atoms with Crippen molar-refractivity contribution in [3.05, 3.63) is 77.1 Å². The van der Waals surface area contributed by atoms with Crippen molar-refractivity contribution in [3.63, 3.8) is 0 Å². The summed E-state index contributed by atoms with van der Waals surface area (Å²) in [6, 6.07) is 15.4. The van der Waals surface area contributed by atoms with Crippen molar-refractivity contribution in [2.24, 2.45) is 0 Å². The molecule has 27 heavy (non-hydrogen) atoms. The highest BCUT2D eigenvalue weighted by molar-refractivity contribution is 5.95. The van der Waals surface area contributed by atoms with Crippen LogP contribution < -0.4 is 0 Å². The number of aromatic amines is 1. The molecule has 1 aromatic heterocycles. The smallest absolute Gasteiger partial charge is 0.336 e. The molecular weight excluding hydrogens is 338 g/mol. The van der Waals surface area contributed by atoms with Gasteiger partial charge in [-0.05, 0) is 48.2 Å². The van der Waals surface area contributed by atoms with Crippen LogP contribution in [0, 0.1) is 6.92 Å². The van der Waals surface area contributed by atoms with E-state index in [1.54, 1.807) is 12.1 Å². The van der Waals surface area contributed by atoms with Crippen LogP contribution in [0.5, 0.6) is 0 Å². The van der Waals surface area contributed by atoms with E-state index in [1.165, 1.54) is 16.8 Å². The van der Waals surface area contributed by atoms with Gasteiger partial charge in [-0.1, -0.05) is 42.5 Å². The first-order chi connectivity index (χ1) is 13.1. The predicted molar refractivity (Wildman–Crippen MR) is 105 cm³/mol. The maximum Gasteiger partial charge on any atom is 0.336 e. The van der Waals surface area contributed by atoms with Crippen LogP contribution in [0.4, 0.5) is 0 Å². The number of nitrogens with zero attached hydrogens (tertiary/aromatic N) is 2. The second kappa shape index (κ2) is 7.37. The Morgan fingerprint density at radius 3 is 2.70 bits per heavy atom.